The van der Waals surface area contributed by atoms with Crippen LogP contribution in [0.2, 0.25) is 0 Å². The van der Waals surface area contributed by atoms with Gasteiger partial charge >= 0.3 is 0 Å². The van der Waals surface area contributed by atoms with Crippen LogP contribution in [0.1, 0.15) is 82.5 Å². The number of hydrogen-bond acceptors (Lipinski definition) is 9. The monoisotopic (exact) mass is 645 g/mol. The zero-order chi connectivity index (χ0) is 32.2. The quantitative estimate of drug-likeness (QED) is 0.338. The van der Waals surface area contributed by atoms with Crippen molar-refractivity contribution in [2.24, 2.45) is 5.92 Å². The van der Waals surface area contributed by atoms with Crippen molar-refractivity contribution in [1.29, 1.82) is 0 Å². The summed E-state index contributed by atoms with van der Waals surface area (Å²) in [5.74, 6) is -2.43. The molecule has 45 heavy (non-hydrogen) atoms. The third-order valence-electron chi connectivity index (χ3n) is 8.69. The van der Waals surface area contributed by atoms with E-state index in [1.165, 1.54) is 54.6 Å². The Hall–Kier alpha value is -3.81. The second-order valence-electron chi connectivity index (χ2n) is 12.4. The number of hydrogen-bond donors (Lipinski definition) is 2. The normalized spacial score (nSPS) is 19.1. The molecule has 11 nitrogen and oxygen atoms in total. The predicted octanol–water partition coefficient (Wildman–Crippen LogP) is 5.58. The van der Waals surface area contributed by atoms with Crippen molar-refractivity contribution in [2.45, 2.75) is 88.6 Å². The van der Waals surface area contributed by atoms with Crippen LogP contribution in [0.4, 0.5) is 20.4 Å². The van der Waals surface area contributed by atoms with Gasteiger partial charge in [-0.2, -0.15) is 8.42 Å². The molecule has 1 fully saturated rings. The molecule has 14 heteroatoms. The number of anilines is 2. The first-order valence-corrected chi connectivity index (χ1v) is 17.0. The van der Waals surface area contributed by atoms with E-state index in [9.17, 15) is 22.0 Å². The maximum Gasteiger partial charge on any atom is 0.281 e. The number of carbonyl (C=O) groups excluding carboxylic acids is 1. The van der Waals surface area contributed by atoms with Crippen LogP contribution in [-0.4, -0.2) is 65.2 Å². The third-order valence-corrected chi connectivity index (χ3v) is 9.92. The molecule has 3 aromatic rings. The van der Waals surface area contributed by atoms with Gasteiger partial charge in [-0.1, -0.05) is 38.7 Å². The van der Waals surface area contributed by atoms with Gasteiger partial charge in [0.25, 0.3) is 21.9 Å². The maximum atomic E-state index is 15.0. The highest BCUT2D eigenvalue weighted by molar-refractivity contribution is 7.90. The van der Waals surface area contributed by atoms with E-state index in [1.54, 1.807) is 23.2 Å². The number of nitrogens with one attached hydrogen (secondary N) is 2. The molecule has 3 aromatic heterocycles. The summed E-state index contributed by atoms with van der Waals surface area (Å²) >= 11 is 0. The van der Waals surface area contributed by atoms with Crippen LogP contribution in [-0.2, 0) is 10.0 Å². The molecule has 2 N–H and O–H groups in total. The fourth-order valence-corrected chi connectivity index (χ4v) is 6.61. The van der Waals surface area contributed by atoms with Gasteiger partial charge < -0.3 is 15.0 Å². The lowest BCUT2D eigenvalue weighted by Crippen LogP contribution is -2.46. The number of halogens is 2. The van der Waals surface area contributed by atoms with Crippen LogP contribution in [0.25, 0.3) is 5.82 Å². The van der Waals surface area contributed by atoms with E-state index in [-0.39, 0.29) is 30.2 Å². The minimum Gasteiger partial charge on any atom is -0.477 e. The molecule has 2 aliphatic rings. The van der Waals surface area contributed by atoms with Crippen LogP contribution < -0.4 is 19.7 Å². The summed E-state index contributed by atoms with van der Waals surface area (Å²) < 4.78 is 65.9. The largest absolute Gasteiger partial charge is 0.477 e. The molecule has 0 spiro atoms. The Kier molecular flexibility index (Phi) is 9.61. The Morgan fingerprint density at radius 3 is 2.62 bits per heavy atom. The van der Waals surface area contributed by atoms with Crippen molar-refractivity contribution in [3.05, 3.63) is 48.2 Å². The number of sulfonamides is 1. The van der Waals surface area contributed by atoms with Crippen LogP contribution in [0.5, 0.6) is 5.88 Å². The first-order chi connectivity index (χ1) is 21.4. The number of pyridine rings is 2. The van der Waals surface area contributed by atoms with E-state index in [2.05, 4.69) is 20.1 Å². The van der Waals surface area contributed by atoms with Crippen molar-refractivity contribution in [2.75, 3.05) is 29.9 Å². The summed E-state index contributed by atoms with van der Waals surface area (Å²) in [6.45, 7) is 5.77. The molecule has 0 saturated heterocycles. The van der Waals surface area contributed by atoms with Gasteiger partial charge in [-0.15, -0.1) is 5.10 Å². The minimum atomic E-state index is -4.45. The number of aromatic nitrogens is 4. The summed E-state index contributed by atoms with van der Waals surface area (Å²) in [5, 5.41) is 6.57. The fraction of sp³-hybridized carbons (Fsp3) is 0.548. The van der Waals surface area contributed by atoms with Gasteiger partial charge in [-0.25, -0.2) is 28.2 Å². The summed E-state index contributed by atoms with van der Waals surface area (Å²) in [6, 6.07) is 8.72. The molecule has 0 aromatic carbocycles. The van der Waals surface area contributed by atoms with Crippen molar-refractivity contribution in [3.63, 3.8) is 0 Å². The van der Waals surface area contributed by atoms with Crippen LogP contribution in [0, 0.1) is 5.92 Å². The van der Waals surface area contributed by atoms with Crippen molar-refractivity contribution < 1.29 is 26.7 Å². The topological polar surface area (TPSA) is 131 Å². The van der Waals surface area contributed by atoms with E-state index < -0.39 is 45.4 Å². The number of ether oxygens (including phenoxy) is 1. The lowest BCUT2D eigenvalue weighted by atomic mass is 9.97. The number of alkyl halides is 2. The van der Waals surface area contributed by atoms with E-state index in [4.69, 9.17) is 9.72 Å². The molecule has 1 saturated carbocycles. The summed E-state index contributed by atoms with van der Waals surface area (Å²) in [5.41, 5.74) is -0.659. The van der Waals surface area contributed by atoms with Gasteiger partial charge in [-0.05, 0) is 63.3 Å². The lowest BCUT2D eigenvalue weighted by molar-refractivity contribution is 0.00477. The Balaban J connectivity index is 1.51. The third kappa shape index (κ3) is 7.89. The zero-order valence-electron chi connectivity index (χ0n) is 25.9. The van der Waals surface area contributed by atoms with Gasteiger partial charge in [0, 0.05) is 30.8 Å². The Morgan fingerprint density at radius 2 is 1.87 bits per heavy atom. The van der Waals surface area contributed by atoms with E-state index in [0.717, 1.165) is 6.42 Å². The molecule has 2 bridgehead atoms. The van der Waals surface area contributed by atoms with Gasteiger partial charge in [0.15, 0.2) is 10.8 Å². The summed E-state index contributed by atoms with van der Waals surface area (Å²) in [4.78, 5) is 24.2. The van der Waals surface area contributed by atoms with Crippen LogP contribution in [0.15, 0.2) is 47.6 Å². The molecule has 4 heterocycles. The van der Waals surface area contributed by atoms with Crippen molar-refractivity contribution >= 4 is 27.6 Å². The number of rotatable bonds is 7. The number of amides is 1. The SMILES string of the molecule is CCC(C)(C)N1CCCC(F)(F)CNc2cccc(n2)S(=O)(=O)NC(=O)c2ccc(-n3ccc(OCCC4CCCC4)n3)nc21. The first-order valence-electron chi connectivity index (χ1n) is 15.5. The Labute approximate surface area is 262 Å². The van der Waals surface area contributed by atoms with Crippen molar-refractivity contribution in [1.82, 2.24) is 24.5 Å². The lowest BCUT2D eigenvalue weighted by Gasteiger charge is -2.40. The fourth-order valence-electron chi connectivity index (χ4n) is 5.67. The van der Waals surface area contributed by atoms with E-state index in [1.807, 2.05) is 20.8 Å². The van der Waals surface area contributed by atoms with Gasteiger partial charge in [0.1, 0.15) is 11.6 Å². The molecular formula is C31H41F2N7O4S. The zero-order valence-corrected chi connectivity index (χ0v) is 26.7. The molecule has 0 atom stereocenters. The molecule has 1 aliphatic carbocycles. The molecule has 1 amide bonds. The highest BCUT2D eigenvalue weighted by Crippen LogP contribution is 2.32. The van der Waals surface area contributed by atoms with E-state index in [0.29, 0.717) is 30.6 Å². The van der Waals surface area contributed by atoms with Gasteiger partial charge in [0.05, 0.1) is 18.7 Å². The van der Waals surface area contributed by atoms with Crippen LogP contribution >= 0.6 is 0 Å². The standard InChI is InChI=1S/C31H41F2N7O4S/c1-4-30(2,3)39-18-8-17-31(32,33)21-34-24-11-7-12-27(35-24)45(42,43)38-29(41)23-13-14-25(36-28(23)39)40-19-15-26(37-40)44-20-16-22-9-5-6-10-22/h7,11-15,19,22H,4-6,8-10,16-18,20-21H2,1-3H3,(H,34,35)(H,38,41). The predicted molar refractivity (Wildman–Crippen MR) is 167 cm³/mol. The Bertz CT molecular complexity index is 1610. The number of fused-ring (bicyclic) bond motifs is 3. The molecule has 0 unspecified atom stereocenters. The highest BCUT2D eigenvalue weighted by atomic mass is 32.2. The minimum absolute atomic E-state index is 0.0278. The summed E-state index contributed by atoms with van der Waals surface area (Å²) in [7, 11) is -4.45. The highest BCUT2D eigenvalue weighted by Gasteiger charge is 2.34. The molecule has 5 rings (SSSR count). The maximum absolute atomic E-state index is 15.0. The van der Waals surface area contributed by atoms with Gasteiger partial charge in [-0.3, -0.25) is 4.79 Å². The number of carbonyl (C=O) groups is 1. The van der Waals surface area contributed by atoms with E-state index >= 15 is 0 Å². The van der Waals surface area contributed by atoms with Gasteiger partial charge in [0.2, 0.25) is 5.88 Å². The van der Waals surface area contributed by atoms with Crippen molar-refractivity contribution in [3.8, 4) is 11.7 Å². The smallest absolute Gasteiger partial charge is 0.281 e. The molecule has 1 aliphatic heterocycles. The second-order valence-corrected chi connectivity index (χ2v) is 14.0. The average Bonchev–Trinajstić information content (AvgIpc) is 3.70. The molecule has 0 radical (unpaired) electrons. The molecule has 244 valence electrons. The number of nitrogens with zero attached hydrogens (tertiary/aromatic N) is 5. The first kappa shape index (κ1) is 32.6. The molecular weight excluding hydrogens is 604 g/mol. The van der Waals surface area contributed by atoms with Crippen LogP contribution in [0.3, 0.4) is 0 Å². The second kappa shape index (κ2) is 13.3. The average molecular weight is 646 g/mol. The summed E-state index contributed by atoms with van der Waals surface area (Å²) in [6.07, 6.45) is 7.88. The Morgan fingerprint density at radius 1 is 1.09 bits per heavy atom.